The van der Waals surface area contributed by atoms with E-state index in [0.717, 1.165) is 25.7 Å². The number of hydrogen-bond donors (Lipinski definition) is 1. The summed E-state index contributed by atoms with van der Waals surface area (Å²) in [4.78, 5) is 0. The molecule has 92 valence electrons. The van der Waals surface area contributed by atoms with Crippen LogP contribution in [0.2, 0.25) is 0 Å². The third-order valence-electron chi connectivity index (χ3n) is 3.98. The van der Waals surface area contributed by atoms with Crippen molar-refractivity contribution in [3.8, 4) is 0 Å². The van der Waals surface area contributed by atoms with Crippen LogP contribution in [-0.4, -0.2) is 49.5 Å². The van der Waals surface area contributed by atoms with E-state index in [1.165, 1.54) is 38.1 Å². The van der Waals surface area contributed by atoms with E-state index in [9.17, 15) is 0 Å². The summed E-state index contributed by atoms with van der Waals surface area (Å²) in [5, 5.41) is 3.38. The van der Waals surface area contributed by atoms with E-state index in [-0.39, 0.29) is 0 Å². The Hall–Kier alpha value is 0.230. The van der Waals surface area contributed by atoms with Crippen molar-refractivity contribution >= 4 is 11.8 Å². The summed E-state index contributed by atoms with van der Waals surface area (Å²) in [5.41, 5.74) is 0. The second-order valence-corrected chi connectivity index (χ2v) is 6.80. The lowest BCUT2D eigenvalue weighted by atomic mass is 9.95. The molecule has 0 radical (unpaired) electrons. The van der Waals surface area contributed by atoms with Crippen LogP contribution in [0.5, 0.6) is 0 Å². The monoisotopic (exact) mass is 243 g/mol. The van der Waals surface area contributed by atoms with Crippen LogP contribution < -0.4 is 5.32 Å². The Morgan fingerprint density at radius 3 is 2.75 bits per heavy atom. The lowest BCUT2D eigenvalue weighted by molar-refractivity contribution is -0.00712. The molecular weight excluding hydrogens is 222 g/mol. The molecule has 0 saturated carbocycles. The minimum absolute atomic E-state index is 0.509. The fourth-order valence-electron chi connectivity index (χ4n) is 2.75. The van der Waals surface area contributed by atoms with Gasteiger partial charge in [0, 0.05) is 43.4 Å². The molecule has 0 aromatic rings. The van der Waals surface area contributed by atoms with Gasteiger partial charge in [0.05, 0.1) is 6.10 Å². The van der Waals surface area contributed by atoms with Gasteiger partial charge in [-0.1, -0.05) is 0 Å². The molecule has 0 unspecified atom stereocenters. The first-order valence-corrected chi connectivity index (χ1v) is 7.39. The van der Waals surface area contributed by atoms with Crippen LogP contribution in [0.1, 0.15) is 19.3 Å². The Bertz CT molecular complexity index is 239. The van der Waals surface area contributed by atoms with Crippen LogP contribution in [0, 0.1) is 5.92 Å². The lowest BCUT2D eigenvalue weighted by Crippen LogP contribution is -2.56. The highest BCUT2D eigenvalue weighted by atomic mass is 32.2. The van der Waals surface area contributed by atoms with Crippen molar-refractivity contribution in [2.24, 2.45) is 5.92 Å². The van der Waals surface area contributed by atoms with E-state index in [2.05, 4.69) is 17.1 Å². The molecule has 0 aliphatic carbocycles. The van der Waals surface area contributed by atoms with Crippen molar-refractivity contribution in [1.29, 1.82) is 0 Å². The van der Waals surface area contributed by atoms with Crippen molar-refractivity contribution in [3.05, 3.63) is 0 Å². The molecule has 16 heavy (non-hydrogen) atoms. The van der Waals surface area contributed by atoms with E-state index in [0.29, 0.717) is 10.9 Å². The number of hydrogen-bond acceptors (Lipinski definition) is 4. The molecule has 0 aromatic carbocycles. The average molecular weight is 243 g/mol. The van der Waals surface area contributed by atoms with E-state index < -0.39 is 0 Å². The summed E-state index contributed by atoms with van der Waals surface area (Å²) in [6.45, 7) is 5.20. The highest BCUT2D eigenvalue weighted by molar-refractivity contribution is 8.01. The Morgan fingerprint density at radius 2 is 2.12 bits per heavy atom. The van der Waals surface area contributed by atoms with Gasteiger partial charge in [-0.3, -0.25) is 0 Å². The van der Waals surface area contributed by atoms with Crippen molar-refractivity contribution in [1.82, 2.24) is 5.32 Å². The van der Waals surface area contributed by atoms with Crippen molar-refractivity contribution in [2.75, 3.05) is 38.7 Å². The number of thioether (sulfide) groups is 1. The highest BCUT2D eigenvalue weighted by Crippen LogP contribution is 2.42. The second-order valence-electron chi connectivity index (χ2n) is 5.31. The van der Waals surface area contributed by atoms with Gasteiger partial charge in [-0.25, -0.2) is 0 Å². The van der Waals surface area contributed by atoms with Gasteiger partial charge in [-0.2, -0.15) is 0 Å². The summed E-state index contributed by atoms with van der Waals surface area (Å²) < 4.78 is 12.0. The maximum atomic E-state index is 6.07. The molecule has 3 rings (SSSR count). The van der Waals surface area contributed by atoms with Gasteiger partial charge in [0.25, 0.3) is 0 Å². The number of rotatable bonds is 3. The van der Waals surface area contributed by atoms with E-state index in [4.69, 9.17) is 9.47 Å². The maximum absolute atomic E-state index is 6.07. The largest absolute Gasteiger partial charge is 0.381 e. The SMILES string of the molecule is C1CC(CO[C@H]2CSC3(CNC3)C2)CCO1. The first-order valence-electron chi connectivity index (χ1n) is 6.40. The summed E-state index contributed by atoms with van der Waals surface area (Å²) in [6, 6.07) is 0. The number of ether oxygens (including phenoxy) is 2. The quantitative estimate of drug-likeness (QED) is 0.809. The number of nitrogens with one attached hydrogen (secondary N) is 1. The molecule has 3 saturated heterocycles. The maximum Gasteiger partial charge on any atom is 0.0680 e. The van der Waals surface area contributed by atoms with Gasteiger partial charge in [0.1, 0.15) is 0 Å². The van der Waals surface area contributed by atoms with Gasteiger partial charge in [0.2, 0.25) is 0 Å². The molecule has 1 spiro atoms. The first-order chi connectivity index (χ1) is 7.86. The van der Waals surface area contributed by atoms with Gasteiger partial charge in [0.15, 0.2) is 0 Å². The smallest absolute Gasteiger partial charge is 0.0680 e. The topological polar surface area (TPSA) is 30.5 Å². The molecule has 0 aromatic heterocycles. The van der Waals surface area contributed by atoms with Crippen molar-refractivity contribution in [2.45, 2.75) is 30.1 Å². The third kappa shape index (κ3) is 2.40. The Labute approximate surface area is 102 Å². The summed E-state index contributed by atoms with van der Waals surface area (Å²) in [5.74, 6) is 1.94. The third-order valence-corrected chi connectivity index (χ3v) is 5.58. The minimum Gasteiger partial charge on any atom is -0.381 e. The Kier molecular flexibility index (Phi) is 3.43. The van der Waals surface area contributed by atoms with Crippen LogP contribution >= 0.6 is 11.8 Å². The second kappa shape index (κ2) is 4.84. The Morgan fingerprint density at radius 1 is 1.31 bits per heavy atom. The van der Waals surface area contributed by atoms with E-state index in [1.807, 2.05) is 0 Å². The minimum atomic E-state index is 0.509. The molecule has 1 atom stereocenters. The normalized spacial score (nSPS) is 34.1. The van der Waals surface area contributed by atoms with E-state index >= 15 is 0 Å². The van der Waals surface area contributed by atoms with Gasteiger partial charge in [-0.15, -0.1) is 11.8 Å². The van der Waals surface area contributed by atoms with Crippen LogP contribution in [0.4, 0.5) is 0 Å². The van der Waals surface area contributed by atoms with Crippen molar-refractivity contribution in [3.63, 3.8) is 0 Å². The summed E-state index contributed by atoms with van der Waals surface area (Å²) in [7, 11) is 0. The molecule has 0 bridgehead atoms. The summed E-state index contributed by atoms with van der Waals surface area (Å²) in [6.07, 6.45) is 4.14. The van der Waals surface area contributed by atoms with Gasteiger partial charge >= 0.3 is 0 Å². The summed E-state index contributed by atoms with van der Waals surface area (Å²) >= 11 is 2.11. The predicted octanol–water partition coefficient (Wildman–Crippen LogP) is 1.28. The molecule has 1 N–H and O–H groups in total. The zero-order chi connectivity index (χ0) is 10.8. The first kappa shape index (κ1) is 11.3. The molecule has 4 heteroatoms. The highest BCUT2D eigenvalue weighted by Gasteiger charge is 2.45. The van der Waals surface area contributed by atoms with Crippen LogP contribution in [0.3, 0.4) is 0 Å². The fraction of sp³-hybridized carbons (Fsp3) is 1.00. The fourth-order valence-corrected chi connectivity index (χ4v) is 4.21. The van der Waals surface area contributed by atoms with Crippen LogP contribution in [0.25, 0.3) is 0 Å². The predicted molar refractivity (Wildman–Crippen MR) is 66.0 cm³/mol. The molecule has 3 heterocycles. The van der Waals surface area contributed by atoms with Crippen LogP contribution in [0.15, 0.2) is 0 Å². The van der Waals surface area contributed by atoms with E-state index in [1.54, 1.807) is 0 Å². The Balaban J connectivity index is 1.39. The van der Waals surface area contributed by atoms with Gasteiger partial charge < -0.3 is 14.8 Å². The van der Waals surface area contributed by atoms with Crippen LogP contribution in [-0.2, 0) is 9.47 Å². The molecule has 3 aliphatic rings. The zero-order valence-corrected chi connectivity index (χ0v) is 10.6. The zero-order valence-electron chi connectivity index (χ0n) is 9.74. The molecule has 3 nitrogen and oxygen atoms in total. The van der Waals surface area contributed by atoms with Crippen molar-refractivity contribution < 1.29 is 9.47 Å². The molecule has 3 fully saturated rings. The standard InChI is InChI=1S/C12H21NO2S/c1-3-14-4-2-10(1)6-15-11-5-12(16-7-11)8-13-9-12/h10-11,13H,1-9H2/t11-/m1/s1. The molecule has 3 aliphatic heterocycles. The lowest BCUT2D eigenvalue weighted by Gasteiger charge is -2.38. The molecular formula is C12H21NO2S. The molecule has 0 amide bonds. The average Bonchev–Trinajstić information content (AvgIpc) is 2.72. The van der Waals surface area contributed by atoms with Gasteiger partial charge in [-0.05, 0) is 25.2 Å².